The van der Waals surface area contributed by atoms with Crippen molar-refractivity contribution in [2.45, 2.75) is 6.92 Å². The van der Waals surface area contributed by atoms with Gasteiger partial charge in [-0.15, -0.1) is 0 Å². The van der Waals surface area contributed by atoms with Crippen molar-refractivity contribution in [2.24, 2.45) is 5.73 Å². The molecule has 0 amide bonds. The van der Waals surface area contributed by atoms with Gasteiger partial charge in [-0.3, -0.25) is 0 Å². The van der Waals surface area contributed by atoms with Crippen LogP contribution in [0, 0.1) is 11.6 Å². The molecule has 0 unspecified atom stereocenters. The lowest BCUT2D eigenvalue weighted by Crippen LogP contribution is -1.96. The minimum absolute atomic E-state index is 0.269. The Morgan fingerprint density at radius 1 is 1.46 bits per heavy atom. The van der Waals surface area contributed by atoms with Gasteiger partial charge < -0.3 is 5.73 Å². The van der Waals surface area contributed by atoms with Gasteiger partial charge in [-0.05, 0) is 30.7 Å². The predicted molar refractivity (Wildman–Crippen MR) is 49.1 cm³/mol. The molecule has 0 saturated carbocycles. The maximum atomic E-state index is 13.1. The number of rotatable bonds is 2. The number of hydrogen-bond donors (Lipinski definition) is 1. The van der Waals surface area contributed by atoms with Gasteiger partial charge in [0.1, 0.15) is 11.6 Å². The fourth-order valence-corrected chi connectivity index (χ4v) is 1.09. The molecule has 0 aromatic heterocycles. The van der Waals surface area contributed by atoms with Gasteiger partial charge in [-0.1, -0.05) is 6.08 Å². The third-order valence-electron chi connectivity index (χ3n) is 1.78. The van der Waals surface area contributed by atoms with E-state index < -0.39 is 11.6 Å². The van der Waals surface area contributed by atoms with Gasteiger partial charge in [0.05, 0.1) is 0 Å². The number of hydrogen-bond acceptors (Lipinski definition) is 1. The van der Waals surface area contributed by atoms with Gasteiger partial charge >= 0.3 is 0 Å². The van der Waals surface area contributed by atoms with Crippen LogP contribution in [0.25, 0.3) is 5.57 Å². The summed E-state index contributed by atoms with van der Waals surface area (Å²) in [5, 5.41) is 0. The van der Waals surface area contributed by atoms with E-state index in [1.165, 1.54) is 0 Å². The molecule has 0 spiro atoms. The molecule has 2 N–H and O–H groups in total. The highest BCUT2D eigenvalue weighted by Crippen LogP contribution is 2.18. The third kappa shape index (κ3) is 2.36. The van der Waals surface area contributed by atoms with Crippen LogP contribution < -0.4 is 5.73 Å². The van der Waals surface area contributed by atoms with Crippen molar-refractivity contribution >= 4 is 5.57 Å². The molecule has 0 saturated heterocycles. The highest BCUT2D eigenvalue weighted by atomic mass is 19.1. The average Bonchev–Trinajstić information content (AvgIpc) is 2.09. The second kappa shape index (κ2) is 4.14. The van der Waals surface area contributed by atoms with E-state index in [0.29, 0.717) is 12.1 Å². The summed E-state index contributed by atoms with van der Waals surface area (Å²) in [7, 11) is 0. The standard InChI is InChI=1S/C10H11F2N/c1-7(4-5-13)9-6-8(11)2-3-10(9)12/h2-4,6H,5,13H2,1H3. The number of benzene rings is 1. The first-order chi connectivity index (χ1) is 6.15. The molecule has 3 heteroatoms. The summed E-state index contributed by atoms with van der Waals surface area (Å²) in [6.45, 7) is 2.02. The van der Waals surface area contributed by atoms with Crippen molar-refractivity contribution in [1.29, 1.82) is 0 Å². The van der Waals surface area contributed by atoms with E-state index in [0.717, 1.165) is 18.2 Å². The van der Waals surface area contributed by atoms with Crippen LogP contribution in [0.1, 0.15) is 12.5 Å². The van der Waals surface area contributed by atoms with E-state index in [2.05, 4.69) is 0 Å². The first kappa shape index (κ1) is 9.86. The second-order valence-corrected chi connectivity index (χ2v) is 2.75. The number of halogens is 2. The smallest absolute Gasteiger partial charge is 0.130 e. The fourth-order valence-electron chi connectivity index (χ4n) is 1.09. The highest BCUT2D eigenvalue weighted by molar-refractivity contribution is 5.64. The van der Waals surface area contributed by atoms with Crippen LogP contribution in [-0.4, -0.2) is 6.54 Å². The lowest BCUT2D eigenvalue weighted by atomic mass is 10.1. The molecule has 0 heterocycles. The lowest BCUT2D eigenvalue weighted by Gasteiger charge is -2.02. The normalized spacial score (nSPS) is 11.8. The zero-order valence-corrected chi connectivity index (χ0v) is 7.35. The zero-order valence-electron chi connectivity index (χ0n) is 7.35. The summed E-state index contributed by atoms with van der Waals surface area (Å²) in [6, 6.07) is 3.36. The molecule has 1 rings (SSSR count). The summed E-state index contributed by atoms with van der Waals surface area (Å²) in [4.78, 5) is 0. The van der Waals surface area contributed by atoms with Gasteiger partial charge in [0.15, 0.2) is 0 Å². The highest BCUT2D eigenvalue weighted by Gasteiger charge is 2.04. The van der Waals surface area contributed by atoms with Crippen LogP contribution in [0.4, 0.5) is 8.78 Å². The Morgan fingerprint density at radius 2 is 2.15 bits per heavy atom. The minimum Gasteiger partial charge on any atom is -0.327 e. The van der Waals surface area contributed by atoms with Crippen LogP contribution in [0.2, 0.25) is 0 Å². The maximum absolute atomic E-state index is 13.1. The molecule has 13 heavy (non-hydrogen) atoms. The fraction of sp³-hybridized carbons (Fsp3) is 0.200. The molecule has 70 valence electrons. The van der Waals surface area contributed by atoms with Crippen molar-refractivity contribution in [1.82, 2.24) is 0 Å². The maximum Gasteiger partial charge on any atom is 0.130 e. The van der Waals surface area contributed by atoms with Crippen molar-refractivity contribution in [2.75, 3.05) is 6.54 Å². The number of allylic oxidation sites excluding steroid dienone is 1. The molecule has 1 nitrogen and oxygen atoms in total. The quantitative estimate of drug-likeness (QED) is 0.748. The minimum atomic E-state index is -0.443. The summed E-state index contributed by atoms with van der Waals surface area (Å²) in [5.41, 5.74) is 6.18. The average molecular weight is 183 g/mol. The molecule has 0 aliphatic heterocycles. The van der Waals surface area contributed by atoms with Crippen molar-refractivity contribution in [3.8, 4) is 0 Å². The van der Waals surface area contributed by atoms with Gasteiger partial charge in [-0.2, -0.15) is 0 Å². The monoisotopic (exact) mass is 183 g/mol. The molecule has 0 atom stereocenters. The van der Waals surface area contributed by atoms with Crippen LogP contribution in [0.3, 0.4) is 0 Å². The van der Waals surface area contributed by atoms with E-state index in [1.54, 1.807) is 13.0 Å². The topological polar surface area (TPSA) is 26.0 Å². The Kier molecular flexibility index (Phi) is 3.14. The van der Waals surface area contributed by atoms with Gasteiger partial charge in [0.2, 0.25) is 0 Å². The van der Waals surface area contributed by atoms with E-state index in [-0.39, 0.29) is 5.56 Å². The van der Waals surface area contributed by atoms with E-state index in [1.807, 2.05) is 0 Å². The van der Waals surface area contributed by atoms with Gasteiger partial charge in [-0.25, -0.2) is 8.78 Å². The lowest BCUT2D eigenvalue weighted by molar-refractivity contribution is 0.597. The second-order valence-electron chi connectivity index (χ2n) is 2.75. The summed E-state index contributed by atoms with van der Waals surface area (Å²) < 4.78 is 25.8. The molecule has 0 bridgehead atoms. The molecule has 0 aliphatic carbocycles. The van der Waals surface area contributed by atoms with Crippen LogP contribution in [-0.2, 0) is 0 Å². The Labute approximate surface area is 75.9 Å². The summed E-state index contributed by atoms with van der Waals surface area (Å²) >= 11 is 0. The Morgan fingerprint density at radius 3 is 2.77 bits per heavy atom. The molecule has 0 radical (unpaired) electrons. The van der Waals surface area contributed by atoms with E-state index in [4.69, 9.17) is 5.73 Å². The Hall–Kier alpha value is -1.22. The Bertz CT molecular complexity index is 332. The zero-order chi connectivity index (χ0) is 9.84. The van der Waals surface area contributed by atoms with Gasteiger partial charge in [0, 0.05) is 12.1 Å². The molecule has 1 aromatic carbocycles. The molecular weight excluding hydrogens is 172 g/mol. The molecule has 0 fully saturated rings. The van der Waals surface area contributed by atoms with E-state index >= 15 is 0 Å². The Balaban J connectivity index is 3.13. The van der Waals surface area contributed by atoms with E-state index in [9.17, 15) is 8.78 Å². The molecule has 0 aliphatic rings. The first-order valence-corrected chi connectivity index (χ1v) is 3.97. The van der Waals surface area contributed by atoms with Crippen molar-refractivity contribution < 1.29 is 8.78 Å². The van der Waals surface area contributed by atoms with Crippen molar-refractivity contribution in [3.05, 3.63) is 41.5 Å². The van der Waals surface area contributed by atoms with Crippen LogP contribution >= 0.6 is 0 Å². The third-order valence-corrected chi connectivity index (χ3v) is 1.78. The molecule has 1 aromatic rings. The van der Waals surface area contributed by atoms with Crippen molar-refractivity contribution in [3.63, 3.8) is 0 Å². The van der Waals surface area contributed by atoms with Gasteiger partial charge in [0.25, 0.3) is 0 Å². The SMILES string of the molecule is CC(=CCN)c1cc(F)ccc1F. The largest absolute Gasteiger partial charge is 0.327 e. The summed E-state index contributed by atoms with van der Waals surface area (Å²) in [6.07, 6.45) is 1.65. The predicted octanol–water partition coefficient (Wildman–Crippen LogP) is 2.33. The first-order valence-electron chi connectivity index (χ1n) is 3.97. The molecular formula is C10H11F2N. The van der Waals surface area contributed by atoms with Crippen LogP contribution in [0.15, 0.2) is 24.3 Å². The summed E-state index contributed by atoms with van der Waals surface area (Å²) in [5.74, 6) is -0.871. The van der Waals surface area contributed by atoms with Crippen LogP contribution in [0.5, 0.6) is 0 Å². The number of nitrogens with two attached hydrogens (primary N) is 1.